The number of furan rings is 1. The van der Waals surface area contributed by atoms with Gasteiger partial charge in [-0.2, -0.15) is 0 Å². The van der Waals surface area contributed by atoms with Crippen molar-refractivity contribution < 1.29 is 17.6 Å². The molecule has 6 nitrogen and oxygen atoms in total. The molecule has 1 amide bonds. The van der Waals surface area contributed by atoms with E-state index in [1.54, 1.807) is 12.1 Å². The van der Waals surface area contributed by atoms with Gasteiger partial charge in [-0.25, -0.2) is 8.42 Å². The number of carbonyl (C=O) groups is 1. The van der Waals surface area contributed by atoms with Crippen LogP contribution >= 0.6 is 23.2 Å². The summed E-state index contributed by atoms with van der Waals surface area (Å²) in [5.41, 5.74) is 0.454. The monoisotopic (exact) mass is 424 g/mol. The summed E-state index contributed by atoms with van der Waals surface area (Å²) in [4.78, 5) is 12.3. The maximum absolute atomic E-state index is 12.4. The van der Waals surface area contributed by atoms with Crippen LogP contribution < -0.4 is 10.0 Å². The first-order chi connectivity index (χ1) is 12.8. The Morgan fingerprint density at radius 1 is 1.04 bits per heavy atom. The van der Waals surface area contributed by atoms with Crippen molar-refractivity contribution in [2.75, 3.05) is 4.72 Å². The van der Waals surface area contributed by atoms with Crippen LogP contribution in [-0.2, 0) is 16.6 Å². The van der Waals surface area contributed by atoms with Crippen molar-refractivity contribution in [1.82, 2.24) is 5.32 Å². The minimum Gasteiger partial charge on any atom is -0.467 e. The molecule has 0 aliphatic heterocycles. The predicted octanol–water partition coefficient (Wildman–Crippen LogP) is 4.32. The normalized spacial score (nSPS) is 11.2. The Morgan fingerprint density at radius 3 is 2.41 bits per heavy atom. The van der Waals surface area contributed by atoms with Crippen LogP contribution in [0.2, 0.25) is 10.0 Å². The van der Waals surface area contributed by atoms with Gasteiger partial charge in [0.2, 0.25) is 0 Å². The largest absolute Gasteiger partial charge is 0.467 e. The summed E-state index contributed by atoms with van der Waals surface area (Å²) in [6.45, 7) is 0.215. The molecule has 27 heavy (non-hydrogen) atoms. The van der Waals surface area contributed by atoms with Crippen LogP contribution in [0.3, 0.4) is 0 Å². The Morgan fingerprint density at radius 2 is 1.78 bits per heavy atom. The molecule has 0 bridgehead atoms. The molecule has 0 aliphatic carbocycles. The number of anilines is 1. The van der Waals surface area contributed by atoms with E-state index in [1.807, 2.05) is 0 Å². The lowest BCUT2D eigenvalue weighted by atomic mass is 10.2. The zero-order valence-electron chi connectivity index (χ0n) is 13.8. The van der Waals surface area contributed by atoms with Gasteiger partial charge < -0.3 is 9.73 Å². The maximum atomic E-state index is 12.4. The molecule has 3 rings (SSSR count). The van der Waals surface area contributed by atoms with Gasteiger partial charge in [0.25, 0.3) is 15.9 Å². The van der Waals surface area contributed by atoms with E-state index in [0.717, 1.165) is 0 Å². The summed E-state index contributed by atoms with van der Waals surface area (Å²) >= 11 is 11.9. The first-order valence-corrected chi connectivity index (χ1v) is 9.97. The highest BCUT2D eigenvalue weighted by Gasteiger charge is 2.16. The average molecular weight is 425 g/mol. The molecule has 2 aromatic carbocycles. The summed E-state index contributed by atoms with van der Waals surface area (Å²) in [7, 11) is -3.80. The Balaban J connectivity index is 1.72. The number of halogens is 2. The van der Waals surface area contributed by atoms with E-state index in [0.29, 0.717) is 10.8 Å². The van der Waals surface area contributed by atoms with Gasteiger partial charge in [0, 0.05) is 5.02 Å². The summed E-state index contributed by atoms with van der Waals surface area (Å²) in [5.74, 6) is 0.204. The maximum Gasteiger partial charge on any atom is 0.261 e. The van der Waals surface area contributed by atoms with Gasteiger partial charge in [0.05, 0.1) is 34.0 Å². The molecular weight excluding hydrogens is 411 g/mol. The fraction of sp³-hybridized carbons (Fsp3) is 0.0556. The number of nitrogens with one attached hydrogen (secondary N) is 2. The third kappa shape index (κ3) is 4.82. The molecule has 9 heteroatoms. The average Bonchev–Trinajstić information content (AvgIpc) is 3.13. The van der Waals surface area contributed by atoms with Crippen molar-refractivity contribution in [3.8, 4) is 0 Å². The second-order valence-corrected chi connectivity index (χ2v) is 8.04. The molecule has 140 valence electrons. The van der Waals surface area contributed by atoms with E-state index < -0.39 is 15.9 Å². The molecule has 0 fully saturated rings. The number of hydrogen-bond donors (Lipinski definition) is 2. The van der Waals surface area contributed by atoms with Gasteiger partial charge in [0.15, 0.2) is 0 Å². The van der Waals surface area contributed by atoms with Gasteiger partial charge in [-0.1, -0.05) is 23.2 Å². The highest BCUT2D eigenvalue weighted by Crippen LogP contribution is 2.24. The van der Waals surface area contributed by atoms with Gasteiger partial charge in [-0.05, 0) is 54.6 Å². The molecule has 2 N–H and O–H groups in total. The molecular formula is C18H14Cl2N2O4S. The number of carbonyl (C=O) groups excluding carboxylic acids is 1. The summed E-state index contributed by atoms with van der Waals surface area (Å²) in [6.07, 6.45) is 1.51. The van der Waals surface area contributed by atoms with Crippen LogP contribution in [0, 0.1) is 0 Å². The minimum absolute atomic E-state index is 0.0586. The summed E-state index contributed by atoms with van der Waals surface area (Å²) < 4.78 is 32.3. The standard InChI is InChI=1S/C18H14Cl2N2O4S/c19-12-3-6-15(7-4-12)27(24,25)22-13-5-8-16(17(20)10-13)18(23)21-11-14-2-1-9-26-14/h1-10,22H,11H2,(H,21,23). The van der Waals surface area contributed by atoms with Crippen LogP contribution in [0.1, 0.15) is 16.1 Å². The third-order valence-corrected chi connectivity index (χ3v) is 5.56. The summed E-state index contributed by atoms with van der Waals surface area (Å²) in [6, 6.07) is 13.5. The fourth-order valence-corrected chi connectivity index (χ4v) is 3.71. The molecule has 1 aromatic heterocycles. The number of sulfonamides is 1. The van der Waals surface area contributed by atoms with Crippen molar-refractivity contribution >= 4 is 44.8 Å². The fourth-order valence-electron chi connectivity index (χ4n) is 2.27. The van der Waals surface area contributed by atoms with Gasteiger partial charge in [0.1, 0.15) is 5.76 Å². The molecule has 3 aromatic rings. The summed E-state index contributed by atoms with van der Waals surface area (Å²) in [5, 5.41) is 3.22. The lowest BCUT2D eigenvalue weighted by Gasteiger charge is -2.10. The van der Waals surface area contributed by atoms with Crippen molar-refractivity contribution in [1.29, 1.82) is 0 Å². The zero-order chi connectivity index (χ0) is 19.4. The van der Waals surface area contributed by atoms with Gasteiger partial charge in [-0.15, -0.1) is 0 Å². The number of hydrogen-bond acceptors (Lipinski definition) is 4. The van der Waals surface area contributed by atoms with E-state index in [-0.39, 0.29) is 27.7 Å². The first kappa shape index (κ1) is 19.3. The van der Waals surface area contributed by atoms with Crippen LogP contribution in [0.25, 0.3) is 0 Å². The predicted molar refractivity (Wildman–Crippen MR) is 104 cm³/mol. The molecule has 0 radical (unpaired) electrons. The van der Waals surface area contributed by atoms with E-state index >= 15 is 0 Å². The van der Waals surface area contributed by atoms with E-state index in [4.69, 9.17) is 27.6 Å². The lowest BCUT2D eigenvalue weighted by Crippen LogP contribution is -2.23. The molecule has 0 saturated heterocycles. The van der Waals surface area contributed by atoms with E-state index in [9.17, 15) is 13.2 Å². The second kappa shape index (κ2) is 8.04. The first-order valence-electron chi connectivity index (χ1n) is 7.74. The third-order valence-electron chi connectivity index (χ3n) is 3.59. The van der Waals surface area contributed by atoms with Crippen molar-refractivity contribution in [2.24, 2.45) is 0 Å². The molecule has 0 aliphatic rings. The van der Waals surface area contributed by atoms with Crippen LogP contribution in [0.4, 0.5) is 5.69 Å². The Hall–Kier alpha value is -2.48. The number of rotatable bonds is 6. The molecule has 0 atom stereocenters. The second-order valence-electron chi connectivity index (χ2n) is 5.52. The van der Waals surface area contributed by atoms with E-state index in [1.165, 1.54) is 48.7 Å². The van der Waals surface area contributed by atoms with Crippen LogP contribution in [0.15, 0.2) is 70.2 Å². The number of benzene rings is 2. The molecule has 0 unspecified atom stereocenters. The van der Waals surface area contributed by atoms with Crippen LogP contribution in [-0.4, -0.2) is 14.3 Å². The highest BCUT2D eigenvalue weighted by atomic mass is 35.5. The Kier molecular flexibility index (Phi) is 5.74. The van der Waals surface area contributed by atoms with Crippen LogP contribution in [0.5, 0.6) is 0 Å². The smallest absolute Gasteiger partial charge is 0.261 e. The minimum atomic E-state index is -3.80. The topological polar surface area (TPSA) is 88.4 Å². The van der Waals surface area contributed by atoms with Gasteiger partial charge in [-0.3, -0.25) is 9.52 Å². The van der Waals surface area contributed by atoms with Gasteiger partial charge >= 0.3 is 0 Å². The van der Waals surface area contributed by atoms with E-state index in [2.05, 4.69) is 10.0 Å². The SMILES string of the molecule is O=C(NCc1ccco1)c1ccc(NS(=O)(=O)c2ccc(Cl)cc2)cc1Cl. The van der Waals surface area contributed by atoms with Crippen molar-refractivity contribution in [2.45, 2.75) is 11.4 Å². The lowest BCUT2D eigenvalue weighted by molar-refractivity contribution is 0.0948. The Bertz CT molecular complexity index is 1050. The van der Waals surface area contributed by atoms with Crippen molar-refractivity contribution in [3.05, 3.63) is 82.2 Å². The Labute approximate surface area is 166 Å². The zero-order valence-corrected chi connectivity index (χ0v) is 16.1. The quantitative estimate of drug-likeness (QED) is 0.616. The van der Waals surface area contributed by atoms with Crippen molar-refractivity contribution in [3.63, 3.8) is 0 Å². The molecule has 0 saturated carbocycles. The number of amides is 1. The highest BCUT2D eigenvalue weighted by molar-refractivity contribution is 7.92. The molecule has 0 spiro atoms. The molecule has 1 heterocycles.